The summed E-state index contributed by atoms with van der Waals surface area (Å²) in [5, 5.41) is 0. The molecule has 0 spiro atoms. The van der Waals surface area contributed by atoms with Gasteiger partial charge in [0, 0.05) is 0 Å². The summed E-state index contributed by atoms with van der Waals surface area (Å²) in [6.07, 6.45) is 3.09. The molecule has 0 heterocycles. The van der Waals surface area contributed by atoms with E-state index in [1.165, 1.54) is 5.57 Å². The monoisotopic (exact) mass is 111 g/mol. The van der Waals surface area contributed by atoms with Crippen LogP contribution in [0, 0.1) is 12.8 Å². The van der Waals surface area contributed by atoms with Gasteiger partial charge in [0.15, 0.2) is 0 Å². The van der Waals surface area contributed by atoms with Crippen molar-refractivity contribution in [3.63, 3.8) is 0 Å². The van der Waals surface area contributed by atoms with Crippen molar-refractivity contribution in [2.45, 2.75) is 27.2 Å². The second-order valence-electron chi connectivity index (χ2n) is 2.39. The topological polar surface area (TPSA) is 0 Å². The van der Waals surface area contributed by atoms with E-state index >= 15 is 0 Å². The Hall–Kier alpha value is -0.260. The van der Waals surface area contributed by atoms with Crippen LogP contribution in [0.1, 0.15) is 27.2 Å². The van der Waals surface area contributed by atoms with Crippen LogP contribution in [0.3, 0.4) is 0 Å². The zero-order valence-corrected chi connectivity index (χ0v) is 6.07. The summed E-state index contributed by atoms with van der Waals surface area (Å²) in [5.74, 6) is 0.691. The molecule has 1 radical (unpaired) electrons. The van der Waals surface area contributed by atoms with Crippen molar-refractivity contribution in [3.8, 4) is 0 Å². The van der Waals surface area contributed by atoms with Gasteiger partial charge in [-0.25, -0.2) is 0 Å². The molecule has 0 aromatic carbocycles. The molecule has 0 unspecified atom stereocenters. The predicted octanol–water partition coefficient (Wildman–Crippen LogP) is 2.81. The van der Waals surface area contributed by atoms with Crippen LogP contribution in [0.15, 0.2) is 11.6 Å². The number of allylic oxidation sites excluding steroid dienone is 2. The molecule has 0 nitrogen and oxygen atoms in total. The van der Waals surface area contributed by atoms with Crippen LogP contribution in [-0.2, 0) is 0 Å². The molecule has 0 saturated carbocycles. The van der Waals surface area contributed by atoms with Gasteiger partial charge in [-0.05, 0) is 26.2 Å². The van der Waals surface area contributed by atoms with E-state index in [1.54, 1.807) is 0 Å². The summed E-state index contributed by atoms with van der Waals surface area (Å²) in [7, 11) is 0. The van der Waals surface area contributed by atoms with E-state index in [0.29, 0.717) is 5.92 Å². The first kappa shape index (κ1) is 7.74. The molecule has 0 aliphatic carbocycles. The van der Waals surface area contributed by atoms with E-state index in [2.05, 4.69) is 33.8 Å². The predicted molar refractivity (Wildman–Crippen MR) is 38.6 cm³/mol. The lowest BCUT2D eigenvalue weighted by molar-refractivity contribution is 0.765. The highest BCUT2D eigenvalue weighted by atomic mass is 14.0. The standard InChI is InChI=1S/C8H15/c1-5-6-8(4)7(2)3/h6-7H,1,5H2,2-4H3/b8-6+. The third kappa shape index (κ3) is 2.84. The van der Waals surface area contributed by atoms with Crippen molar-refractivity contribution in [2.24, 2.45) is 5.92 Å². The third-order valence-electron chi connectivity index (χ3n) is 1.38. The molecule has 0 saturated heterocycles. The molecule has 0 aromatic heterocycles. The minimum absolute atomic E-state index is 0.691. The van der Waals surface area contributed by atoms with Gasteiger partial charge in [0.05, 0.1) is 0 Å². The lowest BCUT2D eigenvalue weighted by Gasteiger charge is -2.01. The van der Waals surface area contributed by atoms with Gasteiger partial charge in [-0.1, -0.05) is 25.5 Å². The number of hydrogen-bond acceptors (Lipinski definition) is 0. The van der Waals surface area contributed by atoms with Crippen LogP contribution < -0.4 is 0 Å². The minimum atomic E-state index is 0.691. The molecule has 8 heavy (non-hydrogen) atoms. The van der Waals surface area contributed by atoms with Gasteiger partial charge in [0.2, 0.25) is 0 Å². The molecule has 0 rings (SSSR count). The van der Waals surface area contributed by atoms with Gasteiger partial charge < -0.3 is 0 Å². The van der Waals surface area contributed by atoms with Crippen molar-refractivity contribution in [3.05, 3.63) is 18.6 Å². The van der Waals surface area contributed by atoms with E-state index in [0.717, 1.165) is 6.42 Å². The summed E-state index contributed by atoms with van der Waals surface area (Å²) < 4.78 is 0. The van der Waals surface area contributed by atoms with E-state index in [4.69, 9.17) is 0 Å². The van der Waals surface area contributed by atoms with Crippen molar-refractivity contribution >= 4 is 0 Å². The second kappa shape index (κ2) is 3.71. The molecule has 0 heteroatoms. The highest BCUT2D eigenvalue weighted by molar-refractivity contribution is 5.00. The van der Waals surface area contributed by atoms with Crippen LogP contribution in [0.25, 0.3) is 0 Å². The van der Waals surface area contributed by atoms with Crippen molar-refractivity contribution < 1.29 is 0 Å². The van der Waals surface area contributed by atoms with Gasteiger partial charge in [-0.2, -0.15) is 0 Å². The fraction of sp³-hybridized carbons (Fsp3) is 0.625. The SMILES string of the molecule is [CH2]C/C=C(\C)C(C)C. The largest absolute Gasteiger partial charge is 0.0854 e. The molecule has 0 aliphatic heterocycles. The van der Waals surface area contributed by atoms with Crippen molar-refractivity contribution in [1.29, 1.82) is 0 Å². The zero-order valence-electron chi connectivity index (χ0n) is 6.07. The first-order valence-electron chi connectivity index (χ1n) is 3.14. The Labute approximate surface area is 52.6 Å². The average Bonchev–Trinajstić information content (AvgIpc) is 1.67. The first-order chi connectivity index (χ1) is 3.68. The Kier molecular flexibility index (Phi) is 3.59. The van der Waals surface area contributed by atoms with Gasteiger partial charge in [0.1, 0.15) is 0 Å². The number of rotatable bonds is 2. The number of hydrogen-bond donors (Lipinski definition) is 0. The van der Waals surface area contributed by atoms with Gasteiger partial charge in [-0.15, -0.1) is 0 Å². The Balaban J connectivity index is 3.61. The minimum Gasteiger partial charge on any atom is -0.0854 e. The van der Waals surface area contributed by atoms with Gasteiger partial charge >= 0.3 is 0 Å². The van der Waals surface area contributed by atoms with Crippen molar-refractivity contribution in [2.75, 3.05) is 0 Å². The molecule has 47 valence electrons. The Bertz CT molecular complexity index is 78.0. The van der Waals surface area contributed by atoms with Gasteiger partial charge in [0.25, 0.3) is 0 Å². The summed E-state index contributed by atoms with van der Waals surface area (Å²) >= 11 is 0. The van der Waals surface area contributed by atoms with E-state index in [-0.39, 0.29) is 0 Å². The second-order valence-corrected chi connectivity index (χ2v) is 2.39. The van der Waals surface area contributed by atoms with E-state index in [1.807, 2.05) is 0 Å². The maximum atomic E-state index is 3.73. The highest BCUT2D eigenvalue weighted by Gasteiger charge is 1.91. The molecule has 0 atom stereocenters. The zero-order chi connectivity index (χ0) is 6.57. The summed E-state index contributed by atoms with van der Waals surface area (Å²) in [6, 6.07) is 0. The highest BCUT2D eigenvalue weighted by Crippen LogP contribution is 2.07. The lowest BCUT2D eigenvalue weighted by Crippen LogP contribution is -1.86. The summed E-state index contributed by atoms with van der Waals surface area (Å²) in [4.78, 5) is 0. The quantitative estimate of drug-likeness (QED) is 0.481. The Morgan fingerprint density at radius 2 is 2.12 bits per heavy atom. The molecule has 0 fully saturated rings. The van der Waals surface area contributed by atoms with Crippen LogP contribution in [0.4, 0.5) is 0 Å². The molecular weight excluding hydrogens is 96.1 g/mol. The van der Waals surface area contributed by atoms with Crippen molar-refractivity contribution in [1.82, 2.24) is 0 Å². The molecule has 0 N–H and O–H groups in total. The Morgan fingerprint density at radius 1 is 1.62 bits per heavy atom. The maximum absolute atomic E-state index is 3.73. The first-order valence-corrected chi connectivity index (χ1v) is 3.14. The smallest absolute Gasteiger partial charge is 0.0263 e. The maximum Gasteiger partial charge on any atom is -0.0263 e. The summed E-state index contributed by atoms with van der Waals surface area (Å²) in [6.45, 7) is 10.3. The molecule has 0 aliphatic rings. The fourth-order valence-corrected chi connectivity index (χ4v) is 0.463. The van der Waals surface area contributed by atoms with Crippen LogP contribution in [0.2, 0.25) is 0 Å². The molecule has 0 amide bonds. The van der Waals surface area contributed by atoms with Crippen LogP contribution in [-0.4, -0.2) is 0 Å². The normalized spacial score (nSPS) is 12.9. The van der Waals surface area contributed by atoms with Crippen LogP contribution >= 0.6 is 0 Å². The van der Waals surface area contributed by atoms with Crippen LogP contribution in [0.5, 0.6) is 0 Å². The molecule has 0 bridgehead atoms. The third-order valence-corrected chi connectivity index (χ3v) is 1.38. The molecule has 0 aromatic rings. The Morgan fingerprint density at radius 3 is 2.25 bits per heavy atom. The molecular formula is C8H15. The lowest BCUT2D eigenvalue weighted by atomic mass is 10.0. The van der Waals surface area contributed by atoms with E-state index < -0.39 is 0 Å². The van der Waals surface area contributed by atoms with E-state index in [9.17, 15) is 0 Å². The average molecular weight is 111 g/mol. The fourth-order valence-electron chi connectivity index (χ4n) is 0.463. The summed E-state index contributed by atoms with van der Waals surface area (Å²) in [5.41, 5.74) is 1.44. The van der Waals surface area contributed by atoms with Gasteiger partial charge in [-0.3, -0.25) is 0 Å².